The molecule has 0 N–H and O–H groups in total. The van der Waals surface area contributed by atoms with E-state index in [0.717, 1.165) is 22.4 Å². The molecule has 0 radical (unpaired) electrons. The molecule has 0 fully saturated rings. The zero-order chi connectivity index (χ0) is 18.2. The third kappa shape index (κ3) is 4.75. The summed E-state index contributed by atoms with van der Waals surface area (Å²) in [6, 6.07) is 15.6. The quantitative estimate of drug-likeness (QED) is 0.383. The lowest BCUT2D eigenvalue weighted by molar-refractivity contribution is 0.158. The first-order chi connectivity index (χ1) is 12.8. The summed E-state index contributed by atoms with van der Waals surface area (Å²) in [6.07, 6.45) is 5.33. The lowest BCUT2D eigenvalue weighted by atomic mass is 10.1. The lowest BCUT2D eigenvalue weighted by Gasteiger charge is -2.09. The first-order valence-electron chi connectivity index (χ1n) is 8.28. The van der Waals surface area contributed by atoms with Gasteiger partial charge in [0.1, 0.15) is 12.3 Å². The second-order valence-electron chi connectivity index (χ2n) is 5.50. The summed E-state index contributed by atoms with van der Waals surface area (Å²) >= 11 is 6.50. The number of imidazole rings is 1. The first-order valence-corrected chi connectivity index (χ1v) is 8.65. The van der Waals surface area contributed by atoms with Crippen LogP contribution in [0.3, 0.4) is 0 Å². The Morgan fingerprint density at radius 1 is 1.15 bits per heavy atom. The van der Waals surface area contributed by atoms with Crippen LogP contribution < -0.4 is 0 Å². The number of halogens is 1. The molecule has 0 amide bonds. The second-order valence-corrected chi connectivity index (χ2v) is 5.91. The molecule has 26 heavy (non-hydrogen) atoms. The summed E-state index contributed by atoms with van der Waals surface area (Å²) < 4.78 is 1.91. The van der Waals surface area contributed by atoms with E-state index < -0.39 is 0 Å². The summed E-state index contributed by atoms with van der Waals surface area (Å²) in [5.41, 5.74) is 3.36. The van der Waals surface area contributed by atoms with Crippen molar-refractivity contribution in [2.75, 3.05) is 6.61 Å². The molecule has 0 aliphatic rings. The van der Waals surface area contributed by atoms with Gasteiger partial charge in [0.15, 0.2) is 0 Å². The molecule has 0 atom stereocenters. The van der Waals surface area contributed by atoms with Gasteiger partial charge >= 0.3 is 0 Å². The number of hydrogen-bond acceptors (Lipinski definition) is 3. The van der Waals surface area contributed by atoms with Crippen LogP contribution in [0.2, 0.25) is 5.02 Å². The summed E-state index contributed by atoms with van der Waals surface area (Å²) in [4.78, 5) is 9.31. The van der Waals surface area contributed by atoms with Crippen molar-refractivity contribution in [1.82, 2.24) is 9.55 Å². The van der Waals surface area contributed by atoms with Crippen molar-refractivity contribution >= 4 is 17.3 Å². The van der Waals surface area contributed by atoms with Crippen LogP contribution in [-0.4, -0.2) is 21.9 Å². The largest absolute Gasteiger partial charge is 0.396 e. The Balaban J connectivity index is 1.86. The molecule has 0 unspecified atom stereocenters. The minimum Gasteiger partial charge on any atom is -0.396 e. The fourth-order valence-electron chi connectivity index (χ4n) is 2.35. The summed E-state index contributed by atoms with van der Waals surface area (Å²) in [5, 5.41) is 4.81. The lowest BCUT2D eigenvalue weighted by Crippen LogP contribution is -2.12. The van der Waals surface area contributed by atoms with Crippen LogP contribution in [0.25, 0.3) is 0 Å². The van der Waals surface area contributed by atoms with Gasteiger partial charge in [-0.1, -0.05) is 52.9 Å². The molecule has 1 heterocycles. The van der Waals surface area contributed by atoms with Gasteiger partial charge in [-0.25, -0.2) is 4.98 Å². The molecule has 3 rings (SSSR count). The van der Waals surface area contributed by atoms with E-state index in [1.165, 1.54) is 0 Å². The number of benzene rings is 2. The van der Waals surface area contributed by atoms with Crippen LogP contribution in [-0.2, 0) is 11.4 Å². The average Bonchev–Trinajstić information content (AvgIpc) is 3.18. The summed E-state index contributed by atoms with van der Waals surface area (Å²) in [5.74, 6) is 6.27. The van der Waals surface area contributed by atoms with E-state index in [1.807, 2.05) is 66.2 Å². The molecule has 0 saturated heterocycles. The van der Waals surface area contributed by atoms with Gasteiger partial charge in [0.25, 0.3) is 0 Å². The number of hydrogen-bond donors (Lipinski definition) is 0. The van der Waals surface area contributed by atoms with Crippen molar-refractivity contribution in [3.05, 3.63) is 89.0 Å². The highest BCUT2D eigenvalue weighted by Crippen LogP contribution is 2.20. The Hall–Kier alpha value is -3.03. The van der Waals surface area contributed by atoms with Gasteiger partial charge in [-0.15, -0.1) is 0 Å². The minimum absolute atomic E-state index is 0.492. The van der Waals surface area contributed by atoms with E-state index in [4.69, 9.17) is 16.4 Å². The highest BCUT2D eigenvalue weighted by atomic mass is 35.5. The topological polar surface area (TPSA) is 39.4 Å². The minimum atomic E-state index is 0.492. The number of nitrogens with zero attached hydrogens (tertiary/aromatic N) is 3. The fraction of sp³-hybridized carbons (Fsp3) is 0.143. The molecule has 0 bridgehead atoms. The van der Waals surface area contributed by atoms with E-state index in [0.29, 0.717) is 18.2 Å². The van der Waals surface area contributed by atoms with Gasteiger partial charge in [-0.3, -0.25) is 0 Å². The maximum Gasteiger partial charge on any atom is 0.114 e. The molecule has 2 aromatic carbocycles. The molecular weight excluding hydrogens is 346 g/mol. The molecule has 3 aromatic rings. The third-order valence-electron chi connectivity index (χ3n) is 3.60. The summed E-state index contributed by atoms with van der Waals surface area (Å²) in [6.45, 7) is 2.91. The molecule has 130 valence electrons. The van der Waals surface area contributed by atoms with Gasteiger partial charge < -0.3 is 9.40 Å². The maximum atomic E-state index is 6.50. The van der Waals surface area contributed by atoms with Crippen molar-refractivity contribution in [2.24, 2.45) is 5.16 Å². The highest BCUT2D eigenvalue weighted by Gasteiger charge is 2.11. The Kier molecular flexibility index (Phi) is 6.08. The van der Waals surface area contributed by atoms with Crippen LogP contribution in [0.5, 0.6) is 0 Å². The zero-order valence-corrected chi connectivity index (χ0v) is 15.1. The van der Waals surface area contributed by atoms with Crippen LogP contribution in [0.1, 0.15) is 23.6 Å². The SMILES string of the molecule is CCO/N=C(\Cn1ccnc1)c1ccc(C#Cc2ccccc2)cc1Cl. The normalized spacial score (nSPS) is 10.9. The molecule has 0 aliphatic carbocycles. The van der Waals surface area contributed by atoms with Crippen molar-refractivity contribution in [2.45, 2.75) is 13.5 Å². The molecule has 5 heteroatoms. The molecule has 0 saturated carbocycles. The van der Waals surface area contributed by atoms with E-state index in [9.17, 15) is 0 Å². The number of rotatable bonds is 5. The van der Waals surface area contributed by atoms with Crippen LogP contribution in [0.4, 0.5) is 0 Å². The van der Waals surface area contributed by atoms with E-state index in [-0.39, 0.29) is 0 Å². The zero-order valence-electron chi connectivity index (χ0n) is 14.4. The smallest absolute Gasteiger partial charge is 0.114 e. The first kappa shape index (κ1) is 17.8. The molecule has 4 nitrogen and oxygen atoms in total. The summed E-state index contributed by atoms with van der Waals surface area (Å²) in [7, 11) is 0. The van der Waals surface area contributed by atoms with Crippen molar-refractivity contribution in [3.63, 3.8) is 0 Å². The maximum absolute atomic E-state index is 6.50. The van der Waals surface area contributed by atoms with Gasteiger partial charge in [0, 0.05) is 29.1 Å². The second kappa shape index (κ2) is 8.89. The van der Waals surface area contributed by atoms with Crippen molar-refractivity contribution < 1.29 is 4.84 Å². The molecular formula is C21H18ClN3O. The Morgan fingerprint density at radius 3 is 2.65 bits per heavy atom. The highest BCUT2D eigenvalue weighted by molar-refractivity contribution is 6.34. The Labute approximate surface area is 158 Å². The predicted octanol–water partition coefficient (Wildman–Crippen LogP) is 4.38. The Morgan fingerprint density at radius 2 is 1.96 bits per heavy atom. The molecule has 1 aromatic heterocycles. The predicted molar refractivity (Wildman–Crippen MR) is 104 cm³/mol. The molecule has 0 spiro atoms. The van der Waals surface area contributed by atoms with E-state index in [2.05, 4.69) is 22.0 Å². The number of aromatic nitrogens is 2. The fourth-order valence-corrected chi connectivity index (χ4v) is 2.64. The van der Waals surface area contributed by atoms with Crippen LogP contribution in [0, 0.1) is 11.8 Å². The van der Waals surface area contributed by atoms with Crippen LogP contribution in [0.15, 0.2) is 72.4 Å². The van der Waals surface area contributed by atoms with Crippen molar-refractivity contribution in [1.29, 1.82) is 0 Å². The Bertz CT molecular complexity index is 938. The number of oxime groups is 1. The van der Waals surface area contributed by atoms with Gasteiger partial charge in [-0.2, -0.15) is 0 Å². The monoisotopic (exact) mass is 363 g/mol. The molecule has 0 aliphatic heterocycles. The standard InChI is InChI=1S/C21H18ClN3O/c1-2-26-24-21(15-25-13-12-23-16-25)19-11-10-18(14-20(19)22)9-8-17-6-4-3-5-7-17/h3-7,10-14,16H,2,15H2,1H3/b24-21+. The van der Waals surface area contributed by atoms with Gasteiger partial charge in [0.05, 0.1) is 17.9 Å². The van der Waals surface area contributed by atoms with Gasteiger partial charge in [0.2, 0.25) is 0 Å². The van der Waals surface area contributed by atoms with Gasteiger partial charge in [-0.05, 0) is 31.2 Å². The van der Waals surface area contributed by atoms with E-state index >= 15 is 0 Å². The van der Waals surface area contributed by atoms with E-state index in [1.54, 1.807) is 12.5 Å². The van der Waals surface area contributed by atoms with Crippen molar-refractivity contribution in [3.8, 4) is 11.8 Å². The van der Waals surface area contributed by atoms with Crippen LogP contribution >= 0.6 is 11.6 Å². The average molecular weight is 364 g/mol. The third-order valence-corrected chi connectivity index (χ3v) is 3.91.